The molecule has 2 aromatic rings. The van der Waals surface area contributed by atoms with Crippen molar-refractivity contribution in [2.24, 2.45) is 4.99 Å². The molecule has 3 rings (SSSR count). The van der Waals surface area contributed by atoms with Crippen LogP contribution in [-0.4, -0.2) is 50.6 Å². The maximum atomic E-state index is 13.9. The van der Waals surface area contributed by atoms with Crippen LogP contribution in [-0.2, 0) is 16.6 Å². The Kier molecular flexibility index (Phi) is 7.86. The van der Waals surface area contributed by atoms with E-state index in [-0.39, 0.29) is 17.5 Å². The van der Waals surface area contributed by atoms with Crippen molar-refractivity contribution in [3.63, 3.8) is 0 Å². The van der Waals surface area contributed by atoms with Crippen LogP contribution >= 0.6 is 0 Å². The minimum atomic E-state index is -3.14. The first-order valence-corrected chi connectivity index (χ1v) is 12.0. The lowest BCUT2D eigenvalue weighted by atomic mass is 10.1. The number of hydrogen-bond acceptors (Lipinski definition) is 4. The number of hydrogen-bond donors (Lipinski definition) is 2. The maximum Gasteiger partial charge on any atom is 0.213 e. The number of benzene rings is 2. The molecule has 0 aromatic heterocycles. The van der Waals surface area contributed by atoms with Gasteiger partial charge in [0.2, 0.25) is 10.0 Å². The highest BCUT2D eigenvalue weighted by molar-refractivity contribution is 7.89. The van der Waals surface area contributed by atoms with Crippen molar-refractivity contribution in [1.29, 1.82) is 0 Å². The normalized spacial score (nSPS) is 16.2. The molecule has 9 heteroatoms. The first-order valence-electron chi connectivity index (χ1n) is 10.4. The number of guanidine groups is 1. The zero-order valence-electron chi connectivity index (χ0n) is 17.8. The Morgan fingerprint density at radius 3 is 2.42 bits per heavy atom. The van der Waals surface area contributed by atoms with Gasteiger partial charge < -0.3 is 15.4 Å². The van der Waals surface area contributed by atoms with Crippen LogP contribution in [0.15, 0.2) is 53.5 Å². The Bertz CT molecular complexity index is 1010. The third kappa shape index (κ3) is 6.18. The molecular formula is C22H29FN4O3S. The summed E-state index contributed by atoms with van der Waals surface area (Å²) >= 11 is 0. The molecule has 2 N–H and O–H groups in total. The van der Waals surface area contributed by atoms with E-state index >= 15 is 0 Å². The fraction of sp³-hybridized carbons (Fsp3) is 0.409. The number of aliphatic imine (C=N–C) groups is 1. The molecule has 0 radical (unpaired) electrons. The second-order valence-electron chi connectivity index (χ2n) is 7.28. The Morgan fingerprint density at radius 1 is 1.13 bits per heavy atom. The van der Waals surface area contributed by atoms with Crippen LogP contribution in [0, 0.1) is 5.82 Å². The minimum Gasteiger partial charge on any atom is -0.454 e. The third-order valence-electron chi connectivity index (χ3n) is 5.25. The van der Waals surface area contributed by atoms with Gasteiger partial charge >= 0.3 is 0 Å². The minimum absolute atomic E-state index is 0.128. The molecule has 2 aromatic carbocycles. The summed E-state index contributed by atoms with van der Waals surface area (Å²) in [5, 5.41) is 6.62. The molecular weight excluding hydrogens is 419 g/mol. The van der Waals surface area contributed by atoms with E-state index in [0.717, 1.165) is 5.56 Å². The van der Waals surface area contributed by atoms with E-state index in [4.69, 9.17) is 4.74 Å². The quantitative estimate of drug-likeness (QED) is 0.502. The third-order valence-corrected chi connectivity index (χ3v) is 7.13. The van der Waals surface area contributed by atoms with E-state index in [0.29, 0.717) is 44.2 Å². The van der Waals surface area contributed by atoms with Crippen molar-refractivity contribution in [3.8, 4) is 11.5 Å². The number of sulfonamides is 1. The van der Waals surface area contributed by atoms with Crippen molar-refractivity contribution >= 4 is 16.0 Å². The highest BCUT2D eigenvalue weighted by atomic mass is 32.2. The van der Waals surface area contributed by atoms with Gasteiger partial charge in [-0.2, -0.15) is 0 Å². The molecule has 0 spiro atoms. The van der Waals surface area contributed by atoms with E-state index in [9.17, 15) is 12.8 Å². The first-order chi connectivity index (χ1) is 14.9. The van der Waals surface area contributed by atoms with Crippen LogP contribution in [0.2, 0.25) is 0 Å². The zero-order valence-corrected chi connectivity index (χ0v) is 18.7. The smallest absolute Gasteiger partial charge is 0.213 e. The van der Waals surface area contributed by atoms with Gasteiger partial charge in [0.1, 0.15) is 5.75 Å². The Balaban J connectivity index is 1.57. The summed E-state index contributed by atoms with van der Waals surface area (Å²) < 4.78 is 45.3. The number of piperidine rings is 1. The molecule has 0 bridgehead atoms. The molecule has 1 fully saturated rings. The lowest BCUT2D eigenvalue weighted by Gasteiger charge is -2.32. The van der Waals surface area contributed by atoms with Crippen molar-refractivity contribution in [2.75, 3.05) is 25.9 Å². The standard InChI is InChI=1S/C22H29FN4O3S/c1-3-31(28,29)27-14-12-18(13-15-27)26-22(24-2)25-16-17-8-4-6-10-20(17)30-21-11-7-5-9-19(21)23/h4-11,18H,3,12-16H2,1-2H3,(H2,24,25,26). The number of nitrogens with zero attached hydrogens (tertiary/aromatic N) is 2. The molecule has 1 saturated heterocycles. The van der Waals surface area contributed by atoms with Crippen molar-refractivity contribution in [2.45, 2.75) is 32.4 Å². The molecule has 7 nitrogen and oxygen atoms in total. The summed E-state index contributed by atoms with van der Waals surface area (Å²) in [5.41, 5.74) is 0.859. The average molecular weight is 449 g/mol. The van der Waals surface area contributed by atoms with Crippen LogP contribution in [0.5, 0.6) is 11.5 Å². The van der Waals surface area contributed by atoms with E-state index in [2.05, 4.69) is 15.6 Å². The molecule has 0 saturated carbocycles. The maximum absolute atomic E-state index is 13.9. The van der Waals surface area contributed by atoms with Gasteiger partial charge in [0.05, 0.1) is 5.75 Å². The molecule has 0 atom stereocenters. The molecule has 0 amide bonds. The molecule has 168 valence electrons. The highest BCUT2D eigenvalue weighted by Gasteiger charge is 2.27. The summed E-state index contributed by atoms with van der Waals surface area (Å²) in [4.78, 5) is 4.27. The Hall–Kier alpha value is -2.65. The highest BCUT2D eigenvalue weighted by Crippen LogP contribution is 2.27. The predicted octanol–water partition coefficient (Wildman–Crippen LogP) is 3.10. The van der Waals surface area contributed by atoms with Gasteiger partial charge in [-0.3, -0.25) is 4.99 Å². The molecule has 1 heterocycles. The van der Waals surface area contributed by atoms with Crippen molar-refractivity contribution in [1.82, 2.24) is 14.9 Å². The van der Waals surface area contributed by atoms with Crippen molar-refractivity contribution in [3.05, 3.63) is 59.9 Å². The predicted molar refractivity (Wildman–Crippen MR) is 120 cm³/mol. The number of nitrogens with one attached hydrogen (secondary N) is 2. The summed E-state index contributed by atoms with van der Waals surface area (Å²) in [6, 6.07) is 13.9. The molecule has 0 unspecified atom stereocenters. The van der Waals surface area contributed by atoms with Crippen molar-refractivity contribution < 1.29 is 17.5 Å². The fourth-order valence-electron chi connectivity index (χ4n) is 3.42. The van der Waals surface area contributed by atoms with E-state index in [1.807, 2.05) is 18.2 Å². The molecule has 31 heavy (non-hydrogen) atoms. The van der Waals surface area contributed by atoms with Gasteiger partial charge in [0.25, 0.3) is 0 Å². The monoisotopic (exact) mass is 448 g/mol. The Labute approximate surface area is 183 Å². The second-order valence-corrected chi connectivity index (χ2v) is 9.54. The van der Waals surface area contributed by atoms with Gasteiger partial charge in [0, 0.05) is 38.3 Å². The van der Waals surface area contributed by atoms with Gasteiger partial charge in [0.15, 0.2) is 17.5 Å². The van der Waals surface area contributed by atoms with E-state index in [1.54, 1.807) is 42.5 Å². The SMILES string of the molecule is CCS(=O)(=O)N1CCC(NC(=NC)NCc2ccccc2Oc2ccccc2F)CC1. The van der Waals surface area contributed by atoms with Crippen LogP contribution in [0.3, 0.4) is 0 Å². The molecule has 1 aliphatic heterocycles. The first kappa shape index (κ1) is 23.0. The van der Waals surface area contributed by atoms with Crippen LogP contribution < -0.4 is 15.4 Å². The fourth-order valence-corrected chi connectivity index (χ4v) is 4.56. The number of halogens is 1. The average Bonchev–Trinajstić information content (AvgIpc) is 2.79. The lowest BCUT2D eigenvalue weighted by Crippen LogP contribution is -2.49. The van der Waals surface area contributed by atoms with Gasteiger partial charge in [-0.1, -0.05) is 30.3 Å². The van der Waals surface area contributed by atoms with Gasteiger partial charge in [-0.25, -0.2) is 17.1 Å². The van der Waals surface area contributed by atoms with Gasteiger partial charge in [-0.05, 0) is 38.0 Å². The van der Waals surface area contributed by atoms with Crippen LogP contribution in [0.25, 0.3) is 0 Å². The number of rotatable bonds is 7. The van der Waals surface area contributed by atoms with Crippen LogP contribution in [0.4, 0.5) is 4.39 Å². The molecule has 1 aliphatic rings. The van der Waals surface area contributed by atoms with E-state index < -0.39 is 15.8 Å². The molecule has 0 aliphatic carbocycles. The largest absolute Gasteiger partial charge is 0.454 e. The van der Waals surface area contributed by atoms with E-state index in [1.165, 1.54) is 6.07 Å². The number of ether oxygens (including phenoxy) is 1. The lowest BCUT2D eigenvalue weighted by molar-refractivity contribution is 0.306. The summed E-state index contributed by atoms with van der Waals surface area (Å²) in [7, 11) is -1.45. The zero-order chi connectivity index (χ0) is 22.3. The summed E-state index contributed by atoms with van der Waals surface area (Å²) in [6.45, 7) is 3.11. The topological polar surface area (TPSA) is 83.0 Å². The summed E-state index contributed by atoms with van der Waals surface area (Å²) in [6.07, 6.45) is 1.43. The number of para-hydroxylation sites is 2. The summed E-state index contributed by atoms with van der Waals surface area (Å²) in [5.74, 6) is 1.07. The second kappa shape index (κ2) is 10.6. The van der Waals surface area contributed by atoms with Gasteiger partial charge in [-0.15, -0.1) is 0 Å². The Morgan fingerprint density at radius 2 is 1.77 bits per heavy atom. The van der Waals surface area contributed by atoms with Crippen LogP contribution in [0.1, 0.15) is 25.3 Å².